The Balaban J connectivity index is 2.03. The molecule has 3 rings (SSSR count). The quantitative estimate of drug-likeness (QED) is 0.548. The van der Waals surface area contributed by atoms with E-state index in [-0.39, 0.29) is 5.82 Å². The Morgan fingerprint density at radius 3 is 1.93 bits per heavy atom. The van der Waals surface area contributed by atoms with Gasteiger partial charge in [0, 0.05) is 5.56 Å². The van der Waals surface area contributed by atoms with Crippen LogP contribution < -0.4 is 0 Å². The number of nitrogens with zero attached hydrogens (tertiary/aromatic N) is 4. The molecule has 2 aromatic carbocycles. The van der Waals surface area contributed by atoms with Crippen molar-refractivity contribution in [2.24, 2.45) is 0 Å². The number of benzene rings is 2. The molecule has 1 heterocycles. The summed E-state index contributed by atoms with van der Waals surface area (Å²) in [6, 6.07) is 18.5. The number of rotatable bonds is 7. The Hall–Kier alpha value is -4.01. The Bertz CT molecular complexity index is 959. The van der Waals surface area contributed by atoms with Gasteiger partial charge < -0.3 is 14.4 Å². The minimum absolute atomic E-state index is 0.162. The fourth-order valence-corrected chi connectivity index (χ4v) is 2.71. The van der Waals surface area contributed by atoms with Crippen LogP contribution in [-0.2, 0) is 19.1 Å². The maximum absolute atomic E-state index is 13.0. The first-order chi connectivity index (χ1) is 14.5. The first kappa shape index (κ1) is 20.7. The van der Waals surface area contributed by atoms with Crippen LogP contribution in [0.1, 0.15) is 10.6 Å². The van der Waals surface area contributed by atoms with Gasteiger partial charge in [0.2, 0.25) is 5.82 Å². The molecule has 0 atom stereocenters. The third-order valence-corrected chi connectivity index (χ3v) is 4.21. The molecule has 0 radical (unpaired) electrons. The molecule has 0 bridgehead atoms. The highest BCUT2D eigenvalue weighted by molar-refractivity contribution is 5.95. The highest BCUT2D eigenvalue weighted by Gasteiger charge is 2.27. The minimum atomic E-state index is -0.697. The molecule has 0 fully saturated rings. The average Bonchev–Trinajstić information content (AvgIpc) is 3.24. The summed E-state index contributed by atoms with van der Waals surface area (Å²) in [6.45, 7) is -0.879. The van der Waals surface area contributed by atoms with E-state index in [0.717, 1.165) is 10.5 Å². The van der Waals surface area contributed by atoms with E-state index in [9.17, 15) is 14.4 Å². The zero-order valence-corrected chi connectivity index (χ0v) is 16.5. The predicted octanol–water partition coefficient (Wildman–Crippen LogP) is 1.72. The number of amides is 1. The minimum Gasteiger partial charge on any atom is -0.468 e. The Morgan fingerprint density at radius 1 is 0.867 bits per heavy atom. The van der Waals surface area contributed by atoms with Crippen LogP contribution >= 0.6 is 0 Å². The fraction of sp³-hybridized carbons (Fsp3) is 0.190. The fourth-order valence-electron chi connectivity index (χ4n) is 2.71. The number of carbonyl (C=O) groups excluding carboxylic acids is 3. The van der Waals surface area contributed by atoms with Crippen LogP contribution in [0.2, 0.25) is 0 Å². The number of aromatic nitrogens is 3. The van der Waals surface area contributed by atoms with Crippen molar-refractivity contribution < 1.29 is 23.9 Å². The molecule has 0 aliphatic heterocycles. The lowest BCUT2D eigenvalue weighted by Gasteiger charge is -2.18. The number of esters is 2. The second-order valence-corrected chi connectivity index (χ2v) is 6.19. The Morgan fingerprint density at radius 2 is 1.40 bits per heavy atom. The van der Waals surface area contributed by atoms with Crippen molar-refractivity contribution >= 4 is 17.8 Å². The van der Waals surface area contributed by atoms with Gasteiger partial charge in [-0.2, -0.15) is 0 Å². The summed E-state index contributed by atoms with van der Waals surface area (Å²) < 4.78 is 10.8. The summed E-state index contributed by atoms with van der Waals surface area (Å²) in [6.07, 6.45) is 0. The molecule has 1 amide bonds. The van der Waals surface area contributed by atoms with Gasteiger partial charge in [-0.1, -0.05) is 48.5 Å². The van der Waals surface area contributed by atoms with Crippen LogP contribution in [0.3, 0.4) is 0 Å². The Labute approximate surface area is 172 Å². The topological polar surface area (TPSA) is 104 Å². The van der Waals surface area contributed by atoms with E-state index in [1.807, 2.05) is 60.7 Å². The summed E-state index contributed by atoms with van der Waals surface area (Å²) in [7, 11) is 2.39. The number of carbonyl (C=O) groups is 3. The van der Waals surface area contributed by atoms with Crippen LogP contribution in [0.15, 0.2) is 60.7 Å². The van der Waals surface area contributed by atoms with Gasteiger partial charge in [0.15, 0.2) is 5.82 Å². The molecule has 9 heteroatoms. The number of methoxy groups -OCH3 is 2. The SMILES string of the molecule is COC(=O)CN(CC(=O)OC)C(=O)c1nc(-c2ccccc2)n(-c2ccccc2)n1. The number of hydrogen-bond acceptors (Lipinski definition) is 7. The van der Waals surface area contributed by atoms with Crippen molar-refractivity contribution in [3.8, 4) is 17.1 Å². The predicted molar refractivity (Wildman–Crippen MR) is 107 cm³/mol. The van der Waals surface area contributed by atoms with Crippen LogP contribution in [0.25, 0.3) is 17.1 Å². The molecule has 0 unspecified atom stereocenters. The molecule has 30 heavy (non-hydrogen) atoms. The normalized spacial score (nSPS) is 10.3. The standard InChI is InChI=1S/C21H20N4O5/c1-29-17(26)13-24(14-18(27)30-2)21(28)19-22-20(15-9-5-3-6-10-15)25(23-19)16-11-7-4-8-12-16/h3-12H,13-14H2,1-2H3. The molecule has 0 aliphatic rings. The van der Waals surface area contributed by atoms with E-state index in [4.69, 9.17) is 0 Å². The summed E-state index contributed by atoms with van der Waals surface area (Å²) in [4.78, 5) is 41.9. The molecule has 1 aromatic heterocycles. The third kappa shape index (κ3) is 4.69. The maximum Gasteiger partial charge on any atom is 0.325 e. The van der Waals surface area contributed by atoms with Crippen molar-refractivity contribution in [3.63, 3.8) is 0 Å². The molecule has 0 spiro atoms. The first-order valence-corrected chi connectivity index (χ1v) is 9.04. The van der Waals surface area contributed by atoms with Crippen molar-refractivity contribution in [2.75, 3.05) is 27.3 Å². The van der Waals surface area contributed by atoms with Crippen LogP contribution in [0, 0.1) is 0 Å². The monoisotopic (exact) mass is 408 g/mol. The highest BCUT2D eigenvalue weighted by atomic mass is 16.5. The number of hydrogen-bond donors (Lipinski definition) is 0. The Kier molecular flexibility index (Phi) is 6.53. The second-order valence-electron chi connectivity index (χ2n) is 6.19. The van der Waals surface area contributed by atoms with Crippen molar-refractivity contribution in [1.29, 1.82) is 0 Å². The third-order valence-electron chi connectivity index (χ3n) is 4.21. The molecule has 0 saturated heterocycles. The van der Waals surface area contributed by atoms with Gasteiger partial charge in [-0.3, -0.25) is 14.4 Å². The van der Waals surface area contributed by atoms with Crippen molar-refractivity contribution in [1.82, 2.24) is 19.7 Å². The van der Waals surface area contributed by atoms with E-state index < -0.39 is 30.9 Å². The summed E-state index contributed by atoms with van der Waals surface area (Å²) in [5, 5.41) is 4.35. The van der Waals surface area contributed by atoms with Crippen molar-refractivity contribution in [3.05, 3.63) is 66.5 Å². The van der Waals surface area contributed by atoms with Crippen molar-refractivity contribution in [2.45, 2.75) is 0 Å². The van der Waals surface area contributed by atoms with Gasteiger partial charge >= 0.3 is 11.9 Å². The van der Waals surface area contributed by atoms with E-state index in [1.165, 1.54) is 18.9 Å². The zero-order chi connectivity index (χ0) is 21.5. The zero-order valence-electron chi connectivity index (χ0n) is 16.5. The first-order valence-electron chi connectivity index (χ1n) is 9.04. The molecule has 0 aliphatic carbocycles. The highest BCUT2D eigenvalue weighted by Crippen LogP contribution is 2.21. The molecule has 154 valence electrons. The lowest BCUT2D eigenvalue weighted by Crippen LogP contribution is -2.40. The second kappa shape index (κ2) is 9.46. The number of ether oxygens (including phenoxy) is 2. The van der Waals surface area contributed by atoms with Gasteiger partial charge in [0.05, 0.1) is 19.9 Å². The van der Waals surface area contributed by atoms with Gasteiger partial charge in [-0.15, -0.1) is 5.10 Å². The maximum atomic E-state index is 13.0. The van der Waals surface area contributed by atoms with Gasteiger partial charge in [-0.25, -0.2) is 9.67 Å². The summed E-state index contributed by atoms with van der Waals surface area (Å²) in [5.41, 5.74) is 1.45. The molecule has 3 aromatic rings. The van der Waals surface area contributed by atoms with E-state index in [1.54, 1.807) is 0 Å². The molecule has 0 saturated carbocycles. The largest absolute Gasteiger partial charge is 0.468 e. The molecule has 0 N–H and O–H groups in total. The lowest BCUT2D eigenvalue weighted by molar-refractivity contribution is -0.144. The summed E-state index contributed by atoms with van der Waals surface area (Å²) in [5.74, 6) is -1.78. The van der Waals surface area contributed by atoms with E-state index in [2.05, 4.69) is 19.6 Å². The summed E-state index contributed by atoms with van der Waals surface area (Å²) >= 11 is 0. The molecular formula is C21H20N4O5. The average molecular weight is 408 g/mol. The van der Waals surface area contributed by atoms with Crippen LogP contribution in [0.4, 0.5) is 0 Å². The van der Waals surface area contributed by atoms with Gasteiger partial charge in [0.1, 0.15) is 13.1 Å². The lowest BCUT2D eigenvalue weighted by atomic mass is 10.2. The van der Waals surface area contributed by atoms with Gasteiger partial charge in [0.25, 0.3) is 5.91 Å². The van der Waals surface area contributed by atoms with Gasteiger partial charge in [-0.05, 0) is 12.1 Å². The smallest absolute Gasteiger partial charge is 0.325 e. The van der Waals surface area contributed by atoms with Crippen LogP contribution in [-0.4, -0.2) is 64.8 Å². The van der Waals surface area contributed by atoms with E-state index >= 15 is 0 Å². The molecule has 9 nitrogen and oxygen atoms in total. The molecular weight excluding hydrogens is 388 g/mol. The van der Waals surface area contributed by atoms with Crippen LogP contribution in [0.5, 0.6) is 0 Å². The van der Waals surface area contributed by atoms with E-state index in [0.29, 0.717) is 11.5 Å². The number of para-hydroxylation sites is 1.